The molecule has 13 heavy (non-hydrogen) atoms. The molecule has 2 N–H and O–H groups in total. The number of hydrazine groups is 1. The van der Waals surface area contributed by atoms with Gasteiger partial charge in [-0.25, -0.2) is 0 Å². The fourth-order valence-electron chi connectivity index (χ4n) is 1.72. The Kier molecular flexibility index (Phi) is 2.41. The third-order valence-corrected chi connectivity index (χ3v) is 3.30. The molecule has 1 heterocycles. The van der Waals surface area contributed by atoms with Crippen LogP contribution in [0, 0.1) is 0 Å². The molecule has 0 spiro atoms. The lowest BCUT2D eigenvalue weighted by Crippen LogP contribution is -2.28. The minimum atomic E-state index is 0.208. The number of nitrogens with one attached hydrogen (secondary N) is 2. The van der Waals surface area contributed by atoms with Crippen molar-refractivity contribution in [3.63, 3.8) is 0 Å². The summed E-state index contributed by atoms with van der Waals surface area (Å²) in [6.45, 7) is 4.23. The van der Waals surface area contributed by atoms with E-state index in [1.54, 1.807) is 0 Å². The van der Waals surface area contributed by atoms with E-state index < -0.39 is 0 Å². The van der Waals surface area contributed by atoms with Gasteiger partial charge < -0.3 is 0 Å². The minimum absolute atomic E-state index is 0.208. The molecule has 3 heteroatoms. The van der Waals surface area contributed by atoms with E-state index in [2.05, 4.69) is 51.9 Å². The highest BCUT2D eigenvalue weighted by atomic mass is 79.9. The first kappa shape index (κ1) is 9.19. The van der Waals surface area contributed by atoms with Crippen LogP contribution >= 0.6 is 15.9 Å². The van der Waals surface area contributed by atoms with Gasteiger partial charge in [0.05, 0.1) is 0 Å². The summed E-state index contributed by atoms with van der Waals surface area (Å²) < 4.78 is 1.20. The average Bonchev–Trinajstić information content (AvgIpc) is 2.54. The van der Waals surface area contributed by atoms with Crippen molar-refractivity contribution in [2.24, 2.45) is 0 Å². The zero-order valence-electron chi connectivity index (χ0n) is 7.60. The Balaban J connectivity index is 2.39. The molecule has 0 saturated carbocycles. The quantitative estimate of drug-likeness (QED) is 0.783. The highest BCUT2D eigenvalue weighted by molar-refractivity contribution is 9.10. The zero-order chi connectivity index (χ0) is 9.31. The fraction of sp³-hybridized carbons (Fsp3) is 0.400. The van der Waals surface area contributed by atoms with E-state index in [4.69, 9.17) is 0 Å². The molecule has 0 aliphatic carbocycles. The Morgan fingerprint density at radius 3 is 2.46 bits per heavy atom. The summed E-state index contributed by atoms with van der Waals surface area (Å²) in [7, 11) is 0. The van der Waals surface area contributed by atoms with Crippen LogP contribution in [-0.2, 0) is 5.41 Å². The molecular formula is C10H13BrN2. The summed E-state index contributed by atoms with van der Waals surface area (Å²) in [5.74, 6) is 0. The van der Waals surface area contributed by atoms with Gasteiger partial charge in [-0.3, -0.25) is 10.9 Å². The van der Waals surface area contributed by atoms with Crippen LogP contribution in [0.4, 0.5) is 0 Å². The molecule has 70 valence electrons. The van der Waals surface area contributed by atoms with Crippen molar-refractivity contribution in [3.8, 4) is 0 Å². The molecule has 1 aromatic carbocycles. The summed E-state index contributed by atoms with van der Waals surface area (Å²) in [5, 5.41) is 0. The second-order valence-corrected chi connectivity index (χ2v) is 4.60. The zero-order valence-corrected chi connectivity index (χ0v) is 9.19. The molecule has 1 aliphatic rings. The van der Waals surface area contributed by atoms with Gasteiger partial charge in [0.1, 0.15) is 0 Å². The van der Waals surface area contributed by atoms with Crippen molar-refractivity contribution in [1.29, 1.82) is 0 Å². The van der Waals surface area contributed by atoms with Gasteiger partial charge in [0, 0.05) is 23.0 Å². The van der Waals surface area contributed by atoms with Crippen LogP contribution < -0.4 is 10.9 Å². The lowest BCUT2D eigenvalue weighted by Gasteiger charge is -2.23. The summed E-state index contributed by atoms with van der Waals surface area (Å²) in [6, 6.07) is 8.41. The highest BCUT2D eigenvalue weighted by Crippen LogP contribution is 2.30. The molecular weight excluding hydrogens is 228 g/mol. The molecule has 1 saturated heterocycles. The number of rotatable bonds is 1. The van der Waals surface area contributed by atoms with Crippen molar-refractivity contribution in [2.45, 2.75) is 12.3 Å². The first-order valence-corrected chi connectivity index (χ1v) is 5.22. The Bertz CT molecular complexity index is 306. The van der Waals surface area contributed by atoms with Gasteiger partial charge in [0.2, 0.25) is 0 Å². The first-order chi connectivity index (χ1) is 6.22. The summed E-state index contributed by atoms with van der Waals surface area (Å²) in [6.07, 6.45) is 0. The molecule has 1 aliphatic heterocycles. The van der Waals surface area contributed by atoms with E-state index in [1.807, 2.05) is 6.07 Å². The maximum absolute atomic E-state index is 3.59. The fourth-order valence-corrected chi connectivity index (χ4v) is 2.48. The standard InChI is InChI=1S/C10H13BrN2/c1-10(6-12-13-7-10)8-4-2-3-5-9(8)11/h2-5,12-13H,6-7H2,1H3. The molecule has 2 rings (SSSR count). The predicted octanol–water partition coefficient (Wildman–Crippen LogP) is 1.81. The van der Waals surface area contributed by atoms with Gasteiger partial charge in [0.15, 0.2) is 0 Å². The van der Waals surface area contributed by atoms with Crippen molar-refractivity contribution in [2.75, 3.05) is 13.1 Å². The van der Waals surface area contributed by atoms with Gasteiger partial charge >= 0.3 is 0 Å². The molecule has 1 fully saturated rings. The molecule has 2 nitrogen and oxygen atoms in total. The highest BCUT2D eigenvalue weighted by Gasteiger charge is 2.31. The summed E-state index contributed by atoms with van der Waals surface area (Å²) >= 11 is 3.59. The van der Waals surface area contributed by atoms with Crippen LogP contribution in [0.25, 0.3) is 0 Å². The van der Waals surface area contributed by atoms with E-state index in [-0.39, 0.29) is 5.41 Å². The van der Waals surface area contributed by atoms with Crippen LogP contribution in [0.3, 0.4) is 0 Å². The van der Waals surface area contributed by atoms with Gasteiger partial charge in [0.25, 0.3) is 0 Å². The number of hydrogen-bond donors (Lipinski definition) is 2. The van der Waals surface area contributed by atoms with Crippen LogP contribution in [0.1, 0.15) is 12.5 Å². The largest absolute Gasteiger partial charge is 0.257 e. The molecule has 0 amide bonds. The molecule has 1 aromatic rings. The number of halogens is 1. The summed E-state index contributed by atoms with van der Waals surface area (Å²) in [4.78, 5) is 0. The lowest BCUT2D eigenvalue weighted by molar-refractivity contribution is 0.551. The van der Waals surface area contributed by atoms with E-state index in [0.717, 1.165) is 13.1 Å². The predicted molar refractivity (Wildman–Crippen MR) is 57.5 cm³/mol. The van der Waals surface area contributed by atoms with E-state index in [0.29, 0.717) is 0 Å². The van der Waals surface area contributed by atoms with Crippen molar-refractivity contribution >= 4 is 15.9 Å². The average molecular weight is 241 g/mol. The summed E-state index contributed by atoms with van der Waals surface area (Å²) in [5.41, 5.74) is 7.91. The van der Waals surface area contributed by atoms with Gasteiger partial charge in [-0.2, -0.15) is 0 Å². The molecule has 0 unspecified atom stereocenters. The van der Waals surface area contributed by atoms with E-state index in [9.17, 15) is 0 Å². The molecule has 0 radical (unpaired) electrons. The number of hydrogen-bond acceptors (Lipinski definition) is 2. The van der Waals surface area contributed by atoms with Crippen molar-refractivity contribution in [1.82, 2.24) is 10.9 Å². The van der Waals surface area contributed by atoms with Gasteiger partial charge in [-0.05, 0) is 11.6 Å². The van der Waals surface area contributed by atoms with Crippen LogP contribution in [0.5, 0.6) is 0 Å². The second-order valence-electron chi connectivity index (χ2n) is 3.75. The SMILES string of the molecule is CC1(c2ccccc2Br)CNNC1. The molecule has 0 atom stereocenters. The molecule has 0 bridgehead atoms. The third-order valence-electron chi connectivity index (χ3n) is 2.61. The second kappa shape index (κ2) is 3.40. The Morgan fingerprint density at radius 1 is 1.23 bits per heavy atom. The van der Waals surface area contributed by atoms with E-state index in [1.165, 1.54) is 10.0 Å². The van der Waals surface area contributed by atoms with Crippen LogP contribution in [-0.4, -0.2) is 13.1 Å². The van der Waals surface area contributed by atoms with Crippen molar-refractivity contribution in [3.05, 3.63) is 34.3 Å². The van der Waals surface area contributed by atoms with Gasteiger partial charge in [-0.1, -0.05) is 41.1 Å². The lowest BCUT2D eigenvalue weighted by atomic mass is 9.84. The Hall–Kier alpha value is -0.380. The Morgan fingerprint density at radius 2 is 1.85 bits per heavy atom. The maximum Gasteiger partial charge on any atom is 0.0213 e. The Labute approximate surface area is 86.8 Å². The topological polar surface area (TPSA) is 24.1 Å². The van der Waals surface area contributed by atoms with Gasteiger partial charge in [-0.15, -0.1) is 0 Å². The molecule has 0 aromatic heterocycles. The third kappa shape index (κ3) is 1.64. The van der Waals surface area contributed by atoms with E-state index >= 15 is 0 Å². The monoisotopic (exact) mass is 240 g/mol. The first-order valence-electron chi connectivity index (χ1n) is 4.43. The minimum Gasteiger partial charge on any atom is -0.257 e. The smallest absolute Gasteiger partial charge is 0.0213 e. The number of benzene rings is 1. The maximum atomic E-state index is 3.59. The van der Waals surface area contributed by atoms with Crippen molar-refractivity contribution < 1.29 is 0 Å². The van der Waals surface area contributed by atoms with Crippen LogP contribution in [0.2, 0.25) is 0 Å². The van der Waals surface area contributed by atoms with Crippen LogP contribution in [0.15, 0.2) is 28.7 Å². The normalized spacial score (nSPS) is 20.5.